The zero-order valence-electron chi connectivity index (χ0n) is 13.2. The maximum Gasteiger partial charge on any atom is 0.00556 e. The van der Waals surface area contributed by atoms with E-state index in [2.05, 4.69) is 52.5 Å². The molecule has 0 saturated carbocycles. The van der Waals surface area contributed by atoms with Gasteiger partial charge in [0.1, 0.15) is 0 Å². The minimum Gasteiger partial charge on any atom is -0.102 e. The van der Waals surface area contributed by atoms with Crippen LogP contribution >= 0.6 is 0 Å². The van der Waals surface area contributed by atoms with Gasteiger partial charge in [0.2, 0.25) is 0 Å². The minimum absolute atomic E-state index is 0.181. The molecule has 0 aromatic rings. The number of rotatable bonds is 11. The van der Waals surface area contributed by atoms with Crippen molar-refractivity contribution in [1.29, 1.82) is 0 Å². The van der Waals surface area contributed by atoms with Gasteiger partial charge in [0.05, 0.1) is 0 Å². The Labute approximate surface area is 116 Å². The fourth-order valence-electron chi connectivity index (χ4n) is 2.28. The van der Waals surface area contributed by atoms with E-state index >= 15 is 0 Å². The lowest BCUT2D eigenvalue weighted by Crippen LogP contribution is -2.20. The smallest absolute Gasteiger partial charge is 0.00556 e. The molecule has 0 aromatic carbocycles. The molecule has 0 amide bonds. The van der Waals surface area contributed by atoms with Gasteiger partial charge in [-0.25, -0.2) is 0 Å². The van der Waals surface area contributed by atoms with Crippen molar-refractivity contribution in [2.24, 2.45) is 11.3 Å². The lowest BCUT2D eigenvalue weighted by atomic mass is 9.75. The van der Waals surface area contributed by atoms with Gasteiger partial charge in [-0.05, 0) is 18.8 Å². The summed E-state index contributed by atoms with van der Waals surface area (Å²) in [6.45, 7) is 13.3. The van der Waals surface area contributed by atoms with Gasteiger partial charge in [0, 0.05) is 5.41 Å². The van der Waals surface area contributed by atoms with Gasteiger partial charge in [-0.1, -0.05) is 84.4 Å². The highest BCUT2D eigenvalue weighted by Gasteiger charge is 2.24. The van der Waals surface area contributed by atoms with Gasteiger partial charge >= 0.3 is 0 Å². The fraction of sp³-hybridized carbons (Fsp3) is 0.778. The number of unbranched alkanes of at least 4 members (excludes halogenated alkanes) is 5. The van der Waals surface area contributed by atoms with Crippen LogP contribution in [0.25, 0.3) is 0 Å². The SMILES string of the molecule is C=CC(C)(C=CCCCC)C(C)CCCCCC. The van der Waals surface area contributed by atoms with Crippen LogP contribution in [0.1, 0.15) is 79.1 Å². The molecule has 0 saturated heterocycles. The molecule has 0 aliphatic rings. The van der Waals surface area contributed by atoms with Gasteiger partial charge in [0.15, 0.2) is 0 Å². The zero-order chi connectivity index (χ0) is 13.9. The topological polar surface area (TPSA) is 0 Å². The Balaban J connectivity index is 4.16. The molecule has 0 heterocycles. The summed E-state index contributed by atoms with van der Waals surface area (Å²) >= 11 is 0. The highest BCUT2D eigenvalue weighted by atomic mass is 14.3. The predicted octanol–water partition coefficient (Wildman–Crippen LogP) is 6.53. The average Bonchev–Trinajstić information content (AvgIpc) is 2.39. The maximum atomic E-state index is 4.05. The van der Waals surface area contributed by atoms with E-state index in [0.29, 0.717) is 5.92 Å². The van der Waals surface area contributed by atoms with Crippen molar-refractivity contribution in [3.8, 4) is 0 Å². The first-order valence-electron chi connectivity index (χ1n) is 7.92. The summed E-state index contributed by atoms with van der Waals surface area (Å²) in [5.41, 5.74) is 0.181. The second-order valence-electron chi connectivity index (χ2n) is 5.87. The van der Waals surface area contributed by atoms with E-state index in [-0.39, 0.29) is 5.41 Å². The number of hydrogen-bond acceptors (Lipinski definition) is 0. The number of allylic oxidation sites excluding steroid dienone is 3. The summed E-state index contributed by atoms with van der Waals surface area (Å²) in [5.74, 6) is 0.699. The first-order valence-corrected chi connectivity index (χ1v) is 7.92. The molecular formula is C18H34. The van der Waals surface area contributed by atoms with E-state index in [1.165, 1.54) is 51.4 Å². The summed E-state index contributed by atoms with van der Waals surface area (Å²) in [7, 11) is 0. The molecule has 0 spiro atoms. The summed E-state index contributed by atoms with van der Waals surface area (Å²) in [5, 5.41) is 0. The molecule has 0 radical (unpaired) electrons. The lowest BCUT2D eigenvalue weighted by molar-refractivity contribution is 0.320. The van der Waals surface area contributed by atoms with E-state index in [4.69, 9.17) is 0 Å². The van der Waals surface area contributed by atoms with Gasteiger partial charge in [-0.15, -0.1) is 6.58 Å². The second-order valence-corrected chi connectivity index (χ2v) is 5.87. The molecule has 0 fully saturated rings. The van der Waals surface area contributed by atoms with Crippen molar-refractivity contribution in [2.75, 3.05) is 0 Å². The van der Waals surface area contributed by atoms with E-state index < -0.39 is 0 Å². The zero-order valence-corrected chi connectivity index (χ0v) is 13.2. The van der Waals surface area contributed by atoms with E-state index in [9.17, 15) is 0 Å². The van der Waals surface area contributed by atoms with Crippen LogP contribution in [0.15, 0.2) is 24.8 Å². The van der Waals surface area contributed by atoms with Crippen LogP contribution in [-0.4, -0.2) is 0 Å². The van der Waals surface area contributed by atoms with Gasteiger partial charge in [-0.3, -0.25) is 0 Å². The maximum absolute atomic E-state index is 4.05. The monoisotopic (exact) mass is 250 g/mol. The van der Waals surface area contributed by atoms with Crippen molar-refractivity contribution in [1.82, 2.24) is 0 Å². The molecule has 0 aromatic heterocycles. The summed E-state index contributed by atoms with van der Waals surface area (Å²) in [6, 6.07) is 0. The molecule has 0 N–H and O–H groups in total. The normalized spacial score (nSPS) is 16.7. The molecule has 0 aliphatic heterocycles. The molecule has 0 heteroatoms. The second kappa shape index (κ2) is 10.4. The third-order valence-corrected chi connectivity index (χ3v) is 4.19. The molecule has 2 unspecified atom stereocenters. The Hall–Kier alpha value is -0.520. The van der Waals surface area contributed by atoms with Crippen molar-refractivity contribution >= 4 is 0 Å². The molecule has 18 heavy (non-hydrogen) atoms. The fourth-order valence-corrected chi connectivity index (χ4v) is 2.28. The third-order valence-electron chi connectivity index (χ3n) is 4.19. The van der Waals surface area contributed by atoms with Crippen molar-refractivity contribution in [3.05, 3.63) is 24.8 Å². The Morgan fingerprint density at radius 2 is 1.72 bits per heavy atom. The summed E-state index contributed by atoms with van der Waals surface area (Å²) in [6.07, 6.45) is 17.4. The van der Waals surface area contributed by atoms with Crippen LogP contribution in [-0.2, 0) is 0 Å². The van der Waals surface area contributed by atoms with Crippen LogP contribution in [0, 0.1) is 11.3 Å². The van der Waals surface area contributed by atoms with Crippen molar-refractivity contribution < 1.29 is 0 Å². The predicted molar refractivity (Wildman–Crippen MR) is 84.9 cm³/mol. The van der Waals surface area contributed by atoms with Crippen molar-refractivity contribution in [3.63, 3.8) is 0 Å². The van der Waals surface area contributed by atoms with Gasteiger partial charge in [-0.2, -0.15) is 0 Å². The Morgan fingerprint density at radius 1 is 1.06 bits per heavy atom. The standard InChI is InChI=1S/C18H34/c1-6-9-11-13-15-17(4)18(5,8-3)16-14-12-10-7-2/h8,14,16-17H,3,6-7,9-13,15H2,1-2,4-5H3. The Kier molecular flexibility index (Phi) is 10.1. The van der Waals surface area contributed by atoms with Gasteiger partial charge in [0.25, 0.3) is 0 Å². The van der Waals surface area contributed by atoms with Gasteiger partial charge < -0.3 is 0 Å². The highest BCUT2D eigenvalue weighted by Crippen LogP contribution is 2.34. The van der Waals surface area contributed by atoms with Crippen LogP contribution in [0.4, 0.5) is 0 Å². The highest BCUT2D eigenvalue weighted by molar-refractivity contribution is 5.09. The average molecular weight is 250 g/mol. The summed E-state index contributed by atoms with van der Waals surface area (Å²) in [4.78, 5) is 0. The van der Waals surface area contributed by atoms with Crippen LogP contribution in [0.2, 0.25) is 0 Å². The molecule has 0 bridgehead atoms. The lowest BCUT2D eigenvalue weighted by Gasteiger charge is -2.30. The molecule has 2 atom stereocenters. The largest absolute Gasteiger partial charge is 0.102 e. The molecule has 0 rings (SSSR count). The summed E-state index contributed by atoms with van der Waals surface area (Å²) < 4.78 is 0. The molecule has 0 nitrogen and oxygen atoms in total. The van der Waals surface area contributed by atoms with E-state index in [0.717, 1.165) is 0 Å². The number of hydrogen-bond donors (Lipinski definition) is 0. The molecule has 106 valence electrons. The first kappa shape index (κ1) is 17.5. The third kappa shape index (κ3) is 7.03. The molecular weight excluding hydrogens is 216 g/mol. The quantitative estimate of drug-likeness (QED) is 0.289. The Bertz CT molecular complexity index is 226. The van der Waals surface area contributed by atoms with Crippen LogP contribution in [0.3, 0.4) is 0 Å². The first-order chi connectivity index (χ1) is 8.60. The minimum atomic E-state index is 0.181. The van der Waals surface area contributed by atoms with E-state index in [1.54, 1.807) is 0 Å². The van der Waals surface area contributed by atoms with Crippen LogP contribution < -0.4 is 0 Å². The van der Waals surface area contributed by atoms with Crippen molar-refractivity contribution in [2.45, 2.75) is 79.1 Å². The molecule has 0 aliphatic carbocycles. The van der Waals surface area contributed by atoms with Crippen LogP contribution in [0.5, 0.6) is 0 Å². The van der Waals surface area contributed by atoms with E-state index in [1.807, 2.05) is 0 Å². The Morgan fingerprint density at radius 3 is 2.28 bits per heavy atom.